The summed E-state index contributed by atoms with van der Waals surface area (Å²) >= 11 is 0. The molecule has 0 spiro atoms. The number of aliphatic imine (C=N–C) groups is 2. The molecule has 4 aromatic rings. The van der Waals surface area contributed by atoms with Crippen LogP contribution in [0, 0.1) is 5.82 Å². The van der Waals surface area contributed by atoms with Crippen LogP contribution in [-0.2, 0) is 0 Å². The van der Waals surface area contributed by atoms with Crippen molar-refractivity contribution in [3.05, 3.63) is 66.5 Å². The van der Waals surface area contributed by atoms with Gasteiger partial charge in [0, 0.05) is 23.8 Å². The quantitative estimate of drug-likeness (QED) is 0.267. The van der Waals surface area contributed by atoms with E-state index >= 15 is 0 Å². The summed E-state index contributed by atoms with van der Waals surface area (Å²) in [5.41, 5.74) is 6.76. The van der Waals surface area contributed by atoms with Crippen LogP contribution >= 0.6 is 0 Å². The lowest BCUT2D eigenvalue weighted by Crippen LogP contribution is -2.02. The van der Waals surface area contributed by atoms with Crippen molar-refractivity contribution in [2.45, 2.75) is 0 Å². The molecule has 0 atom stereocenters. The van der Waals surface area contributed by atoms with Gasteiger partial charge >= 0.3 is 0 Å². The van der Waals surface area contributed by atoms with Gasteiger partial charge in [-0.05, 0) is 36.4 Å². The minimum Gasteiger partial charge on any atom is -0.489 e. The second kappa shape index (κ2) is 8.43. The van der Waals surface area contributed by atoms with Crippen LogP contribution in [0.1, 0.15) is 1.43 Å². The Labute approximate surface area is 168 Å². The molecule has 0 saturated carbocycles. The first-order valence-electron chi connectivity index (χ1n) is 9.07. The van der Waals surface area contributed by atoms with E-state index < -0.39 is 0 Å². The van der Waals surface area contributed by atoms with E-state index in [0.717, 1.165) is 21.8 Å². The van der Waals surface area contributed by atoms with Gasteiger partial charge in [-0.1, -0.05) is 18.2 Å². The summed E-state index contributed by atoms with van der Waals surface area (Å²) in [7, 11) is 0. The number of aromatic amines is 1. The molecule has 0 radical (unpaired) electrons. The summed E-state index contributed by atoms with van der Waals surface area (Å²) in [5, 5.41) is 1.58. The molecular formula is C22H21FN4O2. The normalized spacial score (nSPS) is 11.8. The SMILES string of the molecule is NC=NC=NCCOc1cc(Oc2ccccc2)cc2c1[nH]c1ccc(F)cc12.[HH]. The van der Waals surface area contributed by atoms with E-state index in [4.69, 9.17) is 15.2 Å². The number of hydrogen-bond donors (Lipinski definition) is 2. The van der Waals surface area contributed by atoms with E-state index in [9.17, 15) is 4.39 Å². The van der Waals surface area contributed by atoms with E-state index in [1.54, 1.807) is 6.07 Å². The number of halogens is 1. The standard InChI is InChI=1S/C22H19FN4O2.H2/c23-15-6-7-20-18(10-15)19-11-17(29-16-4-2-1-3-5-16)12-21(22(19)27-20)28-9-8-25-14-26-13-24;/h1-7,10-14,27H,8-9H2,(H2,24,25,26);1H. The first kappa shape index (κ1) is 18.5. The number of nitrogens with one attached hydrogen (secondary N) is 1. The summed E-state index contributed by atoms with van der Waals surface area (Å²) in [6.07, 6.45) is 2.54. The van der Waals surface area contributed by atoms with Crippen LogP contribution in [0.25, 0.3) is 21.8 Å². The molecule has 0 aliphatic carbocycles. The number of rotatable bonds is 7. The molecule has 6 nitrogen and oxygen atoms in total. The molecule has 0 amide bonds. The van der Waals surface area contributed by atoms with Crippen molar-refractivity contribution in [1.29, 1.82) is 0 Å². The minimum atomic E-state index is -0.301. The number of ether oxygens (including phenoxy) is 2. The second-order valence-electron chi connectivity index (χ2n) is 6.24. The predicted molar refractivity (Wildman–Crippen MR) is 116 cm³/mol. The van der Waals surface area contributed by atoms with Crippen molar-refractivity contribution in [2.24, 2.45) is 15.7 Å². The highest BCUT2D eigenvalue weighted by molar-refractivity contribution is 6.09. The highest BCUT2D eigenvalue weighted by Crippen LogP contribution is 2.37. The molecule has 3 aromatic carbocycles. The Bertz CT molecular complexity index is 1190. The largest absolute Gasteiger partial charge is 0.489 e. The molecule has 0 bridgehead atoms. The van der Waals surface area contributed by atoms with Crippen LogP contribution in [0.3, 0.4) is 0 Å². The molecule has 0 fully saturated rings. The summed E-state index contributed by atoms with van der Waals surface area (Å²) in [5.74, 6) is 1.60. The van der Waals surface area contributed by atoms with Gasteiger partial charge in [-0.15, -0.1) is 0 Å². The molecule has 3 N–H and O–H groups in total. The second-order valence-corrected chi connectivity index (χ2v) is 6.24. The number of fused-ring (bicyclic) bond motifs is 3. The molecule has 1 aromatic heterocycles. The maximum Gasteiger partial charge on any atom is 0.147 e. The van der Waals surface area contributed by atoms with Gasteiger partial charge in [-0.25, -0.2) is 9.38 Å². The third-order valence-electron chi connectivity index (χ3n) is 4.30. The average Bonchev–Trinajstić information content (AvgIpc) is 3.09. The zero-order valence-corrected chi connectivity index (χ0v) is 15.5. The number of nitrogens with zero attached hydrogens (tertiary/aromatic N) is 2. The lowest BCUT2D eigenvalue weighted by Gasteiger charge is -2.10. The first-order chi connectivity index (χ1) is 14.2. The van der Waals surface area contributed by atoms with E-state index in [0.29, 0.717) is 30.4 Å². The predicted octanol–water partition coefficient (Wildman–Crippen LogP) is 4.89. The van der Waals surface area contributed by atoms with Crippen molar-refractivity contribution >= 4 is 34.5 Å². The summed E-state index contributed by atoms with van der Waals surface area (Å²) in [4.78, 5) is 11.1. The minimum absolute atomic E-state index is 0. The van der Waals surface area contributed by atoms with Gasteiger partial charge in [0.05, 0.1) is 18.4 Å². The molecule has 7 heteroatoms. The smallest absolute Gasteiger partial charge is 0.147 e. The highest BCUT2D eigenvalue weighted by atomic mass is 19.1. The monoisotopic (exact) mass is 392 g/mol. The third-order valence-corrected chi connectivity index (χ3v) is 4.30. The van der Waals surface area contributed by atoms with Gasteiger partial charge in [0.15, 0.2) is 0 Å². The van der Waals surface area contributed by atoms with Crippen LogP contribution in [0.2, 0.25) is 0 Å². The number of hydrogen-bond acceptors (Lipinski definition) is 3. The zero-order valence-electron chi connectivity index (χ0n) is 15.5. The third kappa shape index (κ3) is 4.19. The highest BCUT2D eigenvalue weighted by Gasteiger charge is 2.13. The van der Waals surface area contributed by atoms with Crippen molar-refractivity contribution < 1.29 is 15.3 Å². The molecule has 0 unspecified atom stereocenters. The molecule has 1 heterocycles. The molecule has 148 valence electrons. The van der Waals surface area contributed by atoms with Crippen LogP contribution in [0.15, 0.2) is 70.6 Å². The van der Waals surface area contributed by atoms with E-state index in [1.807, 2.05) is 42.5 Å². The van der Waals surface area contributed by atoms with Gasteiger partial charge in [-0.3, -0.25) is 4.99 Å². The van der Waals surface area contributed by atoms with Crippen molar-refractivity contribution in [2.75, 3.05) is 13.2 Å². The Kier molecular flexibility index (Phi) is 5.38. The molecular weight excluding hydrogens is 371 g/mol. The van der Waals surface area contributed by atoms with Crippen molar-refractivity contribution in [3.63, 3.8) is 0 Å². The first-order valence-corrected chi connectivity index (χ1v) is 9.07. The lowest BCUT2D eigenvalue weighted by molar-refractivity contribution is 0.330. The topological polar surface area (TPSA) is 85.0 Å². The van der Waals surface area contributed by atoms with Gasteiger partial charge in [0.1, 0.15) is 36.0 Å². The van der Waals surface area contributed by atoms with Crippen LogP contribution < -0.4 is 15.2 Å². The van der Waals surface area contributed by atoms with Gasteiger partial charge in [0.25, 0.3) is 0 Å². The number of para-hydroxylation sites is 1. The number of H-pyrrole nitrogens is 1. The van der Waals surface area contributed by atoms with E-state index in [2.05, 4.69) is 15.0 Å². The van der Waals surface area contributed by atoms with Crippen molar-refractivity contribution in [3.8, 4) is 17.2 Å². The number of benzene rings is 3. The molecule has 29 heavy (non-hydrogen) atoms. The number of nitrogens with two attached hydrogens (primary N) is 1. The Morgan fingerprint density at radius 2 is 1.90 bits per heavy atom. The summed E-state index contributed by atoms with van der Waals surface area (Å²) in [6, 6.07) is 17.8. The summed E-state index contributed by atoms with van der Waals surface area (Å²) < 4.78 is 25.7. The molecule has 0 aliphatic rings. The Morgan fingerprint density at radius 1 is 1.03 bits per heavy atom. The Hall–Kier alpha value is -3.87. The van der Waals surface area contributed by atoms with Crippen LogP contribution in [0.5, 0.6) is 17.2 Å². The van der Waals surface area contributed by atoms with Gasteiger partial charge < -0.3 is 20.2 Å². The summed E-state index contributed by atoms with van der Waals surface area (Å²) in [6.45, 7) is 0.752. The van der Waals surface area contributed by atoms with E-state index in [1.165, 1.54) is 24.8 Å². The van der Waals surface area contributed by atoms with E-state index in [-0.39, 0.29) is 7.24 Å². The Morgan fingerprint density at radius 3 is 2.72 bits per heavy atom. The molecule has 0 saturated heterocycles. The maximum atomic E-state index is 13.8. The van der Waals surface area contributed by atoms with Gasteiger partial charge in [0.2, 0.25) is 0 Å². The number of aromatic nitrogens is 1. The fourth-order valence-corrected chi connectivity index (χ4v) is 3.06. The fraction of sp³-hybridized carbons (Fsp3) is 0.0909. The van der Waals surface area contributed by atoms with Crippen molar-refractivity contribution in [1.82, 2.24) is 4.98 Å². The molecule has 4 rings (SSSR count). The zero-order chi connectivity index (χ0) is 20.1. The van der Waals surface area contributed by atoms with Gasteiger partial charge in [-0.2, -0.15) is 0 Å². The molecule has 0 aliphatic heterocycles. The maximum absolute atomic E-state index is 13.8. The Balaban J connectivity index is 0.00000256. The van der Waals surface area contributed by atoms with Crippen LogP contribution in [-0.4, -0.2) is 30.8 Å². The van der Waals surface area contributed by atoms with Crippen LogP contribution in [0.4, 0.5) is 4.39 Å². The fourth-order valence-electron chi connectivity index (χ4n) is 3.06. The lowest BCUT2D eigenvalue weighted by atomic mass is 10.1. The average molecular weight is 392 g/mol.